The molecular formula is C16H21N5O3S. The molecule has 2 heterocycles. The summed E-state index contributed by atoms with van der Waals surface area (Å²) in [5.74, 6) is 1.11. The molecule has 0 spiro atoms. The van der Waals surface area contributed by atoms with E-state index in [0.29, 0.717) is 24.7 Å². The zero-order chi connectivity index (χ0) is 18.2. The van der Waals surface area contributed by atoms with Crippen LogP contribution in [-0.4, -0.2) is 51.6 Å². The van der Waals surface area contributed by atoms with Gasteiger partial charge < -0.3 is 4.90 Å². The van der Waals surface area contributed by atoms with E-state index < -0.39 is 16.1 Å². The first-order chi connectivity index (χ1) is 11.8. The van der Waals surface area contributed by atoms with E-state index in [9.17, 15) is 13.2 Å². The maximum atomic E-state index is 12.7. The molecule has 3 rings (SSSR count). The van der Waals surface area contributed by atoms with Crippen LogP contribution in [0.4, 0.5) is 0 Å². The predicted octanol–water partition coefficient (Wildman–Crippen LogP) is 0.773. The summed E-state index contributed by atoms with van der Waals surface area (Å²) in [6, 6.07) is 9.30. The van der Waals surface area contributed by atoms with Crippen LogP contribution in [0.1, 0.15) is 30.2 Å². The van der Waals surface area contributed by atoms with E-state index in [2.05, 4.69) is 10.2 Å². The third kappa shape index (κ3) is 3.57. The zero-order valence-corrected chi connectivity index (χ0v) is 15.3. The second kappa shape index (κ2) is 6.57. The minimum absolute atomic E-state index is 0.0283. The quantitative estimate of drug-likeness (QED) is 0.783. The Labute approximate surface area is 147 Å². The lowest BCUT2D eigenvalue weighted by molar-refractivity contribution is -0.137. The highest BCUT2D eigenvalue weighted by Gasteiger charge is 2.33. The average molecular weight is 363 g/mol. The van der Waals surface area contributed by atoms with Crippen LogP contribution >= 0.6 is 0 Å². The molecule has 2 aromatic rings. The van der Waals surface area contributed by atoms with Crippen molar-refractivity contribution in [3.63, 3.8) is 0 Å². The fourth-order valence-corrected chi connectivity index (χ4v) is 3.25. The summed E-state index contributed by atoms with van der Waals surface area (Å²) < 4.78 is 26.2. The van der Waals surface area contributed by atoms with Gasteiger partial charge in [-0.3, -0.25) is 9.36 Å². The standard InChI is InChI=1S/C16H21N5O3S/c1-12-16(22)20(9-13-7-5-4-6-8-13)11-15-18-17-14(21(12)15)10-19(2)25(3,23)24/h4-8,12H,9-11H2,1-3H3/t12-/m0/s1. The van der Waals surface area contributed by atoms with Crippen molar-refractivity contribution in [2.75, 3.05) is 13.3 Å². The molecule has 1 aliphatic rings. The van der Waals surface area contributed by atoms with Crippen LogP contribution in [0.25, 0.3) is 0 Å². The Bertz CT molecular complexity index is 878. The fourth-order valence-electron chi connectivity index (χ4n) is 2.90. The number of nitrogens with zero attached hydrogens (tertiary/aromatic N) is 5. The maximum absolute atomic E-state index is 12.7. The first-order valence-corrected chi connectivity index (χ1v) is 9.79. The van der Waals surface area contributed by atoms with Crippen molar-refractivity contribution < 1.29 is 13.2 Å². The van der Waals surface area contributed by atoms with Gasteiger partial charge in [0.2, 0.25) is 15.9 Å². The van der Waals surface area contributed by atoms with Gasteiger partial charge in [0.25, 0.3) is 0 Å². The molecule has 1 atom stereocenters. The maximum Gasteiger partial charge on any atom is 0.246 e. The molecule has 0 aliphatic carbocycles. The molecule has 25 heavy (non-hydrogen) atoms. The largest absolute Gasteiger partial charge is 0.329 e. The SMILES string of the molecule is C[C@H]1C(=O)N(Cc2ccccc2)Cc2nnc(CN(C)S(C)(=O)=O)n21. The third-order valence-corrected chi connectivity index (χ3v) is 5.63. The number of amides is 1. The van der Waals surface area contributed by atoms with E-state index in [1.54, 1.807) is 16.4 Å². The van der Waals surface area contributed by atoms with Crippen LogP contribution in [0.3, 0.4) is 0 Å². The summed E-state index contributed by atoms with van der Waals surface area (Å²) in [7, 11) is -1.85. The van der Waals surface area contributed by atoms with Crippen molar-refractivity contribution in [1.29, 1.82) is 0 Å². The molecule has 0 saturated carbocycles. The molecule has 0 unspecified atom stereocenters. The van der Waals surface area contributed by atoms with E-state index >= 15 is 0 Å². The van der Waals surface area contributed by atoms with Crippen LogP contribution in [0.5, 0.6) is 0 Å². The molecule has 8 nitrogen and oxygen atoms in total. The third-order valence-electron chi connectivity index (χ3n) is 4.37. The number of carbonyl (C=O) groups excluding carboxylic acids is 1. The van der Waals surface area contributed by atoms with Gasteiger partial charge in [-0.25, -0.2) is 8.42 Å². The van der Waals surface area contributed by atoms with Crippen molar-refractivity contribution in [2.45, 2.75) is 32.6 Å². The Morgan fingerprint density at radius 2 is 1.92 bits per heavy atom. The monoisotopic (exact) mass is 363 g/mol. The van der Waals surface area contributed by atoms with Crippen LogP contribution in [-0.2, 0) is 34.5 Å². The van der Waals surface area contributed by atoms with Crippen molar-refractivity contribution in [1.82, 2.24) is 24.0 Å². The molecule has 0 N–H and O–H groups in total. The van der Waals surface area contributed by atoms with E-state index in [0.717, 1.165) is 11.8 Å². The van der Waals surface area contributed by atoms with Gasteiger partial charge in [0.1, 0.15) is 11.9 Å². The highest BCUT2D eigenvalue weighted by atomic mass is 32.2. The average Bonchev–Trinajstić information content (AvgIpc) is 2.95. The highest BCUT2D eigenvalue weighted by Crippen LogP contribution is 2.25. The summed E-state index contributed by atoms with van der Waals surface area (Å²) in [6.45, 7) is 2.74. The molecule has 0 radical (unpaired) electrons. The second-order valence-electron chi connectivity index (χ2n) is 6.28. The van der Waals surface area contributed by atoms with Gasteiger partial charge >= 0.3 is 0 Å². The lowest BCUT2D eigenvalue weighted by Gasteiger charge is -2.32. The molecule has 1 aromatic carbocycles. The number of benzene rings is 1. The van der Waals surface area contributed by atoms with Crippen LogP contribution in [0.15, 0.2) is 30.3 Å². The first kappa shape index (κ1) is 17.6. The van der Waals surface area contributed by atoms with Gasteiger partial charge in [-0.15, -0.1) is 10.2 Å². The lowest BCUT2D eigenvalue weighted by atomic mass is 10.1. The van der Waals surface area contributed by atoms with Crippen LogP contribution < -0.4 is 0 Å². The topological polar surface area (TPSA) is 88.4 Å². The summed E-state index contributed by atoms with van der Waals surface area (Å²) in [4.78, 5) is 14.5. The number of aromatic nitrogens is 3. The molecule has 0 fully saturated rings. The normalized spacial score (nSPS) is 17.8. The molecule has 9 heteroatoms. The minimum atomic E-state index is -3.33. The summed E-state index contributed by atoms with van der Waals surface area (Å²) in [5.41, 5.74) is 1.05. The van der Waals surface area contributed by atoms with Crippen molar-refractivity contribution in [2.24, 2.45) is 0 Å². The summed E-state index contributed by atoms with van der Waals surface area (Å²) in [5, 5.41) is 8.27. The molecule has 134 valence electrons. The molecule has 1 aliphatic heterocycles. The number of sulfonamides is 1. The number of fused-ring (bicyclic) bond motifs is 1. The Morgan fingerprint density at radius 3 is 2.56 bits per heavy atom. The first-order valence-electron chi connectivity index (χ1n) is 7.94. The molecular weight excluding hydrogens is 342 g/mol. The van der Waals surface area contributed by atoms with Crippen LogP contribution in [0.2, 0.25) is 0 Å². The fraction of sp³-hybridized carbons (Fsp3) is 0.438. The number of rotatable bonds is 5. The van der Waals surface area contributed by atoms with Gasteiger partial charge in [0.05, 0.1) is 19.3 Å². The van der Waals surface area contributed by atoms with E-state index in [1.807, 2.05) is 30.3 Å². The Balaban J connectivity index is 1.84. The molecule has 1 amide bonds. The van der Waals surface area contributed by atoms with Crippen molar-refractivity contribution >= 4 is 15.9 Å². The Morgan fingerprint density at radius 1 is 1.24 bits per heavy atom. The Kier molecular flexibility index (Phi) is 4.61. The smallest absolute Gasteiger partial charge is 0.246 e. The van der Waals surface area contributed by atoms with E-state index in [-0.39, 0.29) is 12.5 Å². The van der Waals surface area contributed by atoms with Gasteiger partial charge in [-0.1, -0.05) is 30.3 Å². The predicted molar refractivity (Wildman–Crippen MR) is 91.7 cm³/mol. The van der Waals surface area contributed by atoms with Crippen molar-refractivity contribution in [3.05, 3.63) is 47.5 Å². The summed E-state index contributed by atoms with van der Waals surface area (Å²) >= 11 is 0. The van der Waals surface area contributed by atoms with Crippen molar-refractivity contribution in [3.8, 4) is 0 Å². The van der Waals surface area contributed by atoms with Gasteiger partial charge in [-0.2, -0.15) is 4.31 Å². The minimum Gasteiger partial charge on any atom is -0.329 e. The second-order valence-corrected chi connectivity index (χ2v) is 8.37. The van der Waals surface area contributed by atoms with Gasteiger partial charge in [0.15, 0.2) is 5.82 Å². The molecule has 1 aromatic heterocycles. The lowest BCUT2D eigenvalue weighted by Crippen LogP contribution is -2.42. The summed E-state index contributed by atoms with van der Waals surface area (Å²) in [6.07, 6.45) is 1.14. The highest BCUT2D eigenvalue weighted by molar-refractivity contribution is 7.88. The number of hydrogen-bond acceptors (Lipinski definition) is 5. The van der Waals surface area contributed by atoms with Crippen LogP contribution in [0, 0.1) is 0 Å². The Hall–Kier alpha value is -2.26. The van der Waals surface area contributed by atoms with E-state index in [4.69, 9.17) is 0 Å². The number of hydrogen-bond donors (Lipinski definition) is 0. The van der Waals surface area contributed by atoms with Gasteiger partial charge in [-0.05, 0) is 12.5 Å². The zero-order valence-electron chi connectivity index (χ0n) is 14.5. The number of carbonyl (C=O) groups is 1. The molecule has 0 saturated heterocycles. The van der Waals surface area contributed by atoms with E-state index in [1.165, 1.54) is 11.4 Å². The molecule has 0 bridgehead atoms. The van der Waals surface area contributed by atoms with Gasteiger partial charge in [0, 0.05) is 13.6 Å².